The number of carbonyl (C=O) groups is 2. The highest BCUT2D eigenvalue weighted by atomic mass is 32.2. The number of halogens is 3. The highest BCUT2D eigenvalue weighted by Crippen LogP contribution is 2.40. The maximum absolute atomic E-state index is 12.8. The standard InChI is InChI=1S/C19H24F3N3O3S/c1-11-9-25(10-12(2)28-11)6-5-23-17(26)8-16-18(27)24-14-7-13(19(20,21)22)3-4-15(14)29-16/h3-4,7,11-12,16H,5-6,8-10H2,1-2H3,(H,23,26)(H,24,27). The van der Waals surface area contributed by atoms with Crippen LogP contribution in [0.15, 0.2) is 23.1 Å². The van der Waals surface area contributed by atoms with Crippen molar-refractivity contribution in [2.45, 2.75) is 48.8 Å². The molecule has 2 amide bonds. The fraction of sp³-hybridized carbons (Fsp3) is 0.579. The first-order valence-electron chi connectivity index (χ1n) is 9.45. The number of ether oxygens (including phenoxy) is 1. The van der Waals surface area contributed by atoms with Gasteiger partial charge in [0.2, 0.25) is 11.8 Å². The number of hydrogen-bond acceptors (Lipinski definition) is 5. The van der Waals surface area contributed by atoms with E-state index in [-0.39, 0.29) is 30.2 Å². The zero-order valence-electron chi connectivity index (χ0n) is 16.2. The Balaban J connectivity index is 1.49. The lowest BCUT2D eigenvalue weighted by atomic mass is 10.1. The zero-order chi connectivity index (χ0) is 21.2. The number of hydrogen-bond donors (Lipinski definition) is 2. The third-order valence-electron chi connectivity index (χ3n) is 4.74. The largest absolute Gasteiger partial charge is 0.416 e. The molecule has 0 aromatic heterocycles. The lowest BCUT2D eigenvalue weighted by Crippen LogP contribution is -2.48. The minimum absolute atomic E-state index is 0.0348. The molecule has 10 heteroatoms. The minimum Gasteiger partial charge on any atom is -0.373 e. The molecule has 0 bridgehead atoms. The monoisotopic (exact) mass is 431 g/mol. The smallest absolute Gasteiger partial charge is 0.373 e. The summed E-state index contributed by atoms with van der Waals surface area (Å²) >= 11 is 1.11. The van der Waals surface area contributed by atoms with Gasteiger partial charge in [-0.3, -0.25) is 14.5 Å². The molecule has 0 saturated carbocycles. The molecule has 2 heterocycles. The van der Waals surface area contributed by atoms with Crippen LogP contribution in [0.25, 0.3) is 0 Å². The van der Waals surface area contributed by atoms with Gasteiger partial charge in [0.05, 0.1) is 28.7 Å². The van der Waals surface area contributed by atoms with E-state index in [2.05, 4.69) is 15.5 Å². The van der Waals surface area contributed by atoms with Crippen LogP contribution in [-0.2, 0) is 20.5 Å². The van der Waals surface area contributed by atoms with Crippen molar-refractivity contribution in [3.63, 3.8) is 0 Å². The van der Waals surface area contributed by atoms with Gasteiger partial charge in [-0.05, 0) is 32.0 Å². The van der Waals surface area contributed by atoms with E-state index in [1.165, 1.54) is 6.07 Å². The summed E-state index contributed by atoms with van der Waals surface area (Å²) in [4.78, 5) is 27.2. The first-order chi connectivity index (χ1) is 13.6. The number of nitrogens with zero attached hydrogens (tertiary/aromatic N) is 1. The van der Waals surface area contributed by atoms with E-state index >= 15 is 0 Å². The van der Waals surface area contributed by atoms with Gasteiger partial charge >= 0.3 is 6.18 Å². The number of amides is 2. The van der Waals surface area contributed by atoms with Crippen LogP contribution in [0, 0.1) is 0 Å². The van der Waals surface area contributed by atoms with Crippen LogP contribution >= 0.6 is 11.8 Å². The van der Waals surface area contributed by atoms with Gasteiger partial charge in [-0.1, -0.05) is 0 Å². The van der Waals surface area contributed by atoms with Gasteiger partial charge in [0.25, 0.3) is 0 Å². The zero-order valence-corrected chi connectivity index (χ0v) is 17.0. The number of morpholine rings is 1. The first-order valence-corrected chi connectivity index (χ1v) is 10.3. The van der Waals surface area contributed by atoms with E-state index in [1.807, 2.05) is 13.8 Å². The molecule has 0 aliphatic carbocycles. The topological polar surface area (TPSA) is 70.7 Å². The van der Waals surface area contributed by atoms with Crippen LogP contribution in [0.1, 0.15) is 25.8 Å². The molecule has 0 spiro atoms. The summed E-state index contributed by atoms with van der Waals surface area (Å²) in [5.41, 5.74) is -0.692. The van der Waals surface area contributed by atoms with Gasteiger partial charge in [-0.25, -0.2) is 0 Å². The van der Waals surface area contributed by atoms with Crippen molar-refractivity contribution in [3.05, 3.63) is 23.8 Å². The maximum atomic E-state index is 12.8. The number of alkyl halides is 3. The molecule has 2 N–H and O–H groups in total. The number of anilines is 1. The predicted molar refractivity (Wildman–Crippen MR) is 104 cm³/mol. The summed E-state index contributed by atoms with van der Waals surface area (Å²) in [6, 6.07) is 3.22. The average Bonchev–Trinajstić information content (AvgIpc) is 2.60. The summed E-state index contributed by atoms with van der Waals surface area (Å²) in [5.74, 6) is -0.727. The van der Waals surface area contributed by atoms with Gasteiger partial charge in [0.1, 0.15) is 0 Å². The Morgan fingerprint density at radius 1 is 1.31 bits per heavy atom. The van der Waals surface area contributed by atoms with Crippen molar-refractivity contribution in [2.24, 2.45) is 0 Å². The van der Waals surface area contributed by atoms with Crippen molar-refractivity contribution in [3.8, 4) is 0 Å². The number of fused-ring (bicyclic) bond motifs is 1. The molecule has 3 atom stereocenters. The van der Waals surface area contributed by atoms with E-state index in [0.29, 0.717) is 18.0 Å². The van der Waals surface area contributed by atoms with Crippen LogP contribution in [0.3, 0.4) is 0 Å². The lowest BCUT2D eigenvalue weighted by Gasteiger charge is -2.35. The normalized spacial score (nSPS) is 25.3. The molecule has 1 fully saturated rings. The lowest BCUT2D eigenvalue weighted by molar-refractivity contribution is -0.137. The van der Waals surface area contributed by atoms with E-state index in [4.69, 9.17) is 4.74 Å². The Labute approximate surface area is 171 Å². The number of carbonyl (C=O) groups excluding carboxylic acids is 2. The first kappa shape index (κ1) is 21.9. The molecule has 1 aromatic carbocycles. The van der Waals surface area contributed by atoms with E-state index in [9.17, 15) is 22.8 Å². The molecule has 3 unspecified atom stereocenters. The Morgan fingerprint density at radius 3 is 2.66 bits per heavy atom. The molecule has 3 rings (SSSR count). The quantitative estimate of drug-likeness (QED) is 0.750. The van der Waals surface area contributed by atoms with Crippen LogP contribution in [0.2, 0.25) is 0 Å². The second-order valence-electron chi connectivity index (χ2n) is 7.38. The second kappa shape index (κ2) is 8.93. The van der Waals surface area contributed by atoms with Crippen LogP contribution in [0.5, 0.6) is 0 Å². The Bertz CT molecular complexity index is 765. The predicted octanol–water partition coefficient (Wildman–Crippen LogP) is 2.73. The maximum Gasteiger partial charge on any atom is 0.416 e. The van der Waals surface area contributed by atoms with Crippen LogP contribution < -0.4 is 10.6 Å². The molecular formula is C19H24F3N3O3S. The molecule has 160 valence electrons. The third kappa shape index (κ3) is 5.86. The third-order valence-corrected chi connectivity index (χ3v) is 6.02. The fourth-order valence-electron chi connectivity index (χ4n) is 3.52. The van der Waals surface area contributed by atoms with Crippen molar-refractivity contribution in [2.75, 3.05) is 31.5 Å². The minimum atomic E-state index is -4.47. The number of benzene rings is 1. The van der Waals surface area contributed by atoms with Gasteiger partial charge < -0.3 is 15.4 Å². The van der Waals surface area contributed by atoms with Crippen molar-refractivity contribution < 1.29 is 27.5 Å². The van der Waals surface area contributed by atoms with Gasteiger partial charge in [-0.15, -0.1) is 11.8 Å². The summed E-state index contributed by atoms with van der Waals surface area (Å²) in [7, 11) is 0. The second-order valence-corrected chi connectivity index (χ2v) is 8.62. The van der Waals surface area contributed by atoms with Gasteiger partial charge in [0.15, 0.2) is 0 Å². The number of rotatable bonds is 5. The van der Waals surface area contributed by atoms with Gasteiger partial charge in [-0.2, -0.15) is 13.2 Å². The molecule has 1 saturated heterocycles. The molecule has 2 aliphatic rings. The van der Waals surface area contributed by atoms with Crippen LogP contribution in [-0.4, -0.2) is 60.4 Å². The summed E-state index contributed by atoms with van der Waals surface area (Å²) in [5, 5.41) is 4.62. The summed E-state index contributed by atoms with van der Waals surface area (Å²) in [6.45, 7) is 6.78. The van der Waals surface area contributed by atoms with Gasteiger partial charge in [0, 0.05) is 37.5 Å². The molecule has 0 radical (unpaired) electrons. The van der Waals surface area contributed by atoms with Crippen molar-refractivity contribution >= 4 is 29.3 Å². The molecule has 1 aromatic rings. The number of thioether (sulfide) groups is 1. The Morgan fingerprint density at radius 2 is 2.00 bits per heavy atom. The highest BCUT2D eigenvalue weighted by Gasteiger charge is 2.34. The SMILES string of the molecule is CC1CN(CCNC(=O)CC2Sc3ccc(C(F)(F)F)cc3NC2=O)CC(C)O1. The van der Waals surface area contributed by atoms with E-state index in [0.717, 1.165) is 37.0 Å². The number of nitrogens with one attached hydrogen (secondary N) is 2. The summed E-state index contributed by atoms with van der Waals surface area (Å²) in [6.07, 6.45) is -4.21. The Kier molecular flexibility index (Phi) is 6.75. The van der Waals surface area contributed by atoms with E-state index in [1.54, 1.807) is 0 Å². The fourth-order valence-corrected chi connectivity index (χ4v) is 4.61. The highest BCUT2D eigenvalue weighted by molar-refractivity contribution is 8.01. The van der Waals surface area contributed by atoms with Crippen molar-refractivity contribution in [1.82, 2.24) is 10.2 Å². The average molecular weight is 431 g/mol. The molecular weight excluding hydrogens is 407 g/mol. The molecule has 6 nitrogen and oxygen atoms in total. The molecule has 29 heavy (non-hydrogen) atoms. The van der Waals surface area contributed by atoms with Crippen LogP contribution in [0.4, 0.5) is 18.9 Å². The van der Waals surface area contributed by atoms with E-state index < -0.39 is 22.9 Å². The molecule has 2 aliphatic heterocycles. The summed E-state index contributed by atoms with van der Waals surface area (Å²) < 4.78 is 44.1. The Hall–Kier alpha value is -1.78. The van der Waals surface area contributed by atoms with Crippen molar-refractivity contribution in [1.29, 1.82) is 0 Å².